The van der Waals surface area contributed by atoms with Gasteiger partial charge < -0.3 is 19.5 Å². The van der Waals surface area contributed by atoms with Gasteiger partial charge in [-0.05, 0) is 48.6 Å². The van der Waals surface area contributed by atoms with Gasteiger partial charge in [0.15, 0.2) is 0 Å². The number of Topliss-reactive ketones (excluding diaryl/α,β-unsaturated/α-hetero) is 1. The first-order chi connectivity index (χ1) is 13.5. The molecule has 1 aromatic carbocycles. The number of likely N-dealkylation sites (tertiary alicyclic amines) is 1. The minimum Gasteiger partial charge on any atom is -0.507 e. The highest BCUT2D eigenvalue weighted by atomic mass is 32.1. The van der Waals surface area contributed by atoms with Crippen molar-refractivity contribution in [3.63, 3.8) is 0 Å². The molecule has 6 nitrogen and oxygen atoms in total. The van der Waals surface area contributed by atoms with Gasteiger partial charge in [0.1, 0.15) is 11.5 Å². The number of benzene rings is 1. The predicted octanol–water partition coefficient (Wildman–Crippen LogP) is 3.52. The van der Waals surface area contributed by atoms with Gasteiger partial charge in [0.2, 0.25) is 0 Å². The molecule has 1 amide bonds. The van der Waals surface area contributed by atoms with E-state index >= 15 is 0 Å². The Morgan fingerprint density at radius 3 is 2.64 bits per heavy atom. The number of hydrogen-bond donors (Lipinski definition) is 1. The van der Waals surface area contributed by atoms with Crippen molar-refractivity contribution in [3.8, 4) is 5.75 Å². The van der Waals surface area contributed by atoms with E-state index in [0.29, 0.717) is 30.9 Å². The maximum absolute atomic E-state index is 12.8. The van der Waals surface area contributed by atoms with Gasteiger partial charge >= 0.3 is 0 Å². The first-order valence-corrected chi connectivity index (χ1v) is 9.83. The second kappa shape index (κ2) is 8.58. The molecule has 1 fully saturated rings. The molecular formula is C21H23NO5S. The summed E-state index contributed by atoms with van der Waals surface area (Å²) in [5, 5.41) is 12.9. The Kier molecular flexibility index (Phi) is 6.16. The van der Waals surface area contributed by atoms with Gasteiger partial charge in [-0.3, -0.25) is 9.59 Å². The number of aliphatic hydroxyl groups excluding tert-OH is 1. The number of aliphatic hydroxyl groups is 1. The van der Waals surface area contributed by atoms with Crippen molar-refractivity contribution >= 4 is 28.8 Å². The second-order valence-corrected chi connectivity index (χ2v) is 7.51. The number of thiophene rings is 1. The van der Waals surface area contributed by atoms with Crippen LogP contribution in [0.15, 0.2) is 41.3 Å². The molecule has 1 N–H and O–H groups in total. The third-order valence-corrected chi connectivity index (χ3v) is 5.71. The SMILES string of the molecule is COCCCN1C(=O)C(=O)/C(=C(\O)c2ccc(OC)cc2C)C1c1cccs1. The van der Waals surface area contributed by atoms with Crippen molar-refractivity contribution < 1.29 is 24.2 Å². The first kappa shape index (κ1) is 20.1. The van der Waals surface area contributed by atoms with E-state index in [1.165, 1.54) is 16.2 Å². The van der Waals surface area contributed by atoms with Gasteiger partial charge in [-0.2, -0.15) is 0 Å². The number of methoxy groups -OCH3 is 2. The number of ether oxygens (including phenoxy) is 2. The highest BCUT2D eigenvalue weighted by Crippen LogP contribution is 2.41. The molecule has 1 unspecified atom stereocenters. The lowest BCUT2D eigenvalue weighted by Gasteiger charge is -2.24. The van der Waals surface area contributed by atoms with Crippen LogP contribution in [0.5, 0.6) is 5.75 Å². The molecule has 0 bridgehead atoms. The number of carbonyl (C=O) groups is 2. The Morgan fingerprint density at radius 1 is 1.25 bits per heavy atom. The van der Waals surface area contributed by atoms with Crippen LogP contribution in [0.25, 0.3) is 5.76 Å². The molecule has 0 saturated carbocycles. The van der Waals surface area contributed by atoms with Gasteiger partial charge in [-0.15, -0.1) is 11.3 Å². The Labute approximate surface area is 168 Å². The summed E-state index contributed by atoms with van der Waals surface area (Å²) in [4.78, 5) is 27.9. The van der Waals surface area contributed by atoms with Crippen LogP contribution in [0, 0.1) is 6.92 Å². The number of rotatable bonds is 7. The summed E-state index contributed by atoms with van der Waals surface area (Å²) in [5.74, 6) is -0.763. The van der Waals surface area contributed by atoms with Crippen molar-refractivity contribution in [1.29, 1.82) is 0 Å². The molecule has 1 saturated heterocycles. The summed E-state index contributed by atoms with van der Waals surface area (Å²) in [7, 11) is 3.16. The Balaban J connectivity index is 2.09. The van der Waals surface area contributed by atoms with Crippen molar-refractivity contribution in [2.45, 2.75) is 19.4 Å². The molecule has 2 aromatic rings. The highest BCUT2D eigenvalue weighted by molar-refractivity contribution is 7.10. The summed E-state index contributed by atoms with van der Waals surface area (Å²) in [6.07, 6.45) is 0.604. The van der Waals surface area contributed by atoms with Gasteiger partial charge in [0.05, 0.1) is 18.7 Å². The molecule has 7 heteroatoms. The minimum absolute atomic E-state index is 0.123. The lowest BCUT2D eigenvalue weighted by molar-refractivity contribution is -0.140. The topological polar surface area (TPSA) is 76.1 Å². The second-order valence-electron chi connectivity index (χ2n) is 6.54. The fraction of sp³-hybridized carbons (Fsp3) is 0.333. The van der Waals surface area contributed by atoms with Crippen LogP contribution in [0.2, 0.25) is 0 Å². The Hall–Kier alpha value is -2.64. The third kappa shape index (κ3) is 3.68. The molecule has 0 radical (unpaired) electrons. The van der Waals surface area contributed by atoms with Crippen LogP contribution in [-0.4, -0.2) is 49.1 Å². The maximum atomic E-state index is 12.8. The smallest absolute Gasteiger partial charge is 0.295 e. The molecule has 148 valence electrons. The zero-order chi connectivity index (χ0) is 20.3. The van der Waals surface area contributed by atoms with Gasteiger partial charge in [-0.25, -0.2) is 0 Å². The third-order valence-electron chi connectivity index (χ3n) is 4.79. The van der Waals surface area contributed by atoms with E-state index in [0.717, 1.165) is 10.4 Å². The number of aryl methyl sites for hydroxylation is 1. The molecule has 1 aromatic heterocycles. The lowest BCUT2D eigenvalue weighted by atomic mass is 9.97. The van der Waals surface area contributed by atoms with E-state index in [-0.39, 0.29) is 11.3 Å². The molecule has 1 aliphatic heterocycles. The van der Waals surface area contributed by atoms with Crippen molar-refractivity contribution in [3.05, 3.63) is 57.3 Å². The lowest BCUT2D eigenvalue weighted by Crippen LogP contribution is -2.31. The highest BCUT2D eigenvalue weighted by Gasteiger charge is 2.46. The van der Waals surface area contributed by atoms with E-state index < -0.39 is 17.7 Å². The van der Waals surface area contributed by atoms with Gasteiger partial charge in [0, 0.05) is 30.7 Å². The number of carbonyl (C=O) groups excluding carboxylic acids is 2. The largest absolute Gasteiger partial charge is 0.507 e. The van der Waals surface area contributed by atoms with E-state index in [1.807, 2.05) is 24.4 Å². The summed E-state index contributed by atoms with van der Waals surface area (Å²) >= 11 is 1.45. The molecule has 3 rings (SSSR count). The molecule has 0 aliphatic carbocycles. The van der Waals surface area contributed by atoms with Gasteiger partial charge in [-0.1, -0.05) is 6.07 Å². The molecule has 28 heavy (non-hydrogen) atoms. The van der Waals surface area contributed by atoms with E-state index in [2.05, 4.69) is 0 Å². The number of hydrogen-bond acceptors (Lipinski definition) is 6. The predicted molar refractivity (Wildman–Crippen MR) is 108 cm³/mol. The monoisotopic (exact) mass is 401 g/mol. The fourth-order valence-electron chi connectivity index (χ4n) is 3.41. The van der Waals surface area contributed by atoms with E-state index in [4.69, 9.17) is 9.47 Å². The van der Waals surface area contributed by atoms with Gasteiger partial charge in [0.25, 0.3) is 11.7 Å². The standard InChI is InChI=1S/C21H23NO5S/c1-13-12-14(27-3)7-8-15(13)19(23)17-18(16-6-4-11-28-16)22(9-5-10-26-2)21(25)20(17)24/h4,6-8,11-12,18,23H,5,9-10H2,1-3H3/b19-17-. The van der Waals surface area contributed by atoms with Crippen molar-refractivity contribution in [1.82, 2.24) is 4.90 Å². The van der Waals surface area contributed by atoms with E-state index in [9.17, 15) is 14.7 Å². The number of nitrogens with zero attached hydrogens (tertiary/aromatic N) is 1. The van der Waals surface area contributed by atoms with Crippen LogP contribution in [0.1, 0.15) is 28.5 Å². The van der Waals surface area contributed by atoms with Crippen LogP contribution >= 0.6 is 11.3 Å². The summed E-state index contributed by atoms with van der Waals surface area (Å²) in [6, 6.07) is 8.35. The van der Waals surface area contributed by atoms with Crippen molar-refractivity contribution in [2.75, 3.05) is 27.4 Å². The summed E-state index contributed by atoms with van der Waals surface area (Å²) in [5.41, 5.74) is 1.39. The average Bonchev–Trinajstić information content (AvgIpc) is 3.30. The number of ketones is 1. The zero-order valence-electron chi connectivity index (χ0n) is 16.1. The number of amides is 1. The van der Waals surface area contributed by atoms with E-state index in [1.54, 1.807) is 32.4 Å². The fourth-order valence-corrected chi connectivity index (χ4v) is 4.25. The Morgan fingerprint density at radius 2 is 2.04 bits per heavy atom. The molecule has 0 spiro atoms. The molecule has 2 heterocycles. The zero-order valence-corrected chi connectivity index (χ0v) is 16.9. The average molecular weight is 401 g/mol. The maximum Gasteiger partial charge on any atom is 0.295 e. The summed E-state index contributed by atoms with van der Waals surface area (Å²) in [6.45, 7) is 2.68. The molecule has 1 atom stereocenters. The van der Waals surface area contributed by atoms with Crippen molar-refractivity contribution in [2.24, 2.45) is 0 Å². The molecule has 1 aliphatic rings. The van der Waals surface area contributed by atoms with Crippen LogP contribution < -0.4 is 4.74 Å². The minimum atomic E-state index is -0.663. The normalized spacial score (nSPS) is 18.7. The molecular weight excluding hydrogens is 378 g/mol. The van der Waals surface area contributed by atoms with Crippen LogP contribution in [0.4, 0.5) is 0 Å². The first-order valence-electron chi connectivity index (χ1n) is 8.95. The summed E-state index contributed by atoms with van der Waals surface area (Å²) < 4.78 is 10.3. The quantitative estimate of drug-likeness (QED) is 0.332. The van der Waals surface area contributed by atoms with Crippen LogP contribution in [-0.2, 0) is 14.3 Å². The van der Waals surface area contributed by atoms with Crippen LogP contribution in [0.3, 0.4) is 0 Å². The Bertz CT molecular complexity index is 904.